The summed E-state index contributed by atoms with van der Waals surface area (Å²) >= 11 is 0. The molecule has 0 saturated carbocycles. The molecule has 23 heavy (non-hydrogen) atoms. The van der Waals surface area contributed by atoms with E-state index in [0.717, 1.165) is 31.5 Å². The van der Waals surface area contributed by atoms with E-state index in [2.05, 4.69) is 5.32 Å². The molecule has 1 heterocycles. The molecule has 1 fully saturated rings. The second-order valence-corrected chi connectivity index (χ2v) is 5.65. The van der Waals surface area contributed by atoms with Crippen LogP contribution in [-0.4, -0.2) is 43.0 Å². The Hall–Kier alpha value is -2.08. The molecule has 0 aromatic heterocycles. The van der Waals surface area contributed by atoms with Crippen LogP contribution in [0.4, 0.5) is 0 Å². The molecule has 2 rings (SSSR count). The zero-order chi connectivity index (χ0) is 16.7. The molecule has 2 amide bonds. The minimum absolute atomic E-state index is 0.0105. The fourth-order valence-corrected chi connectivity index (χ4v) is 2.75. The molecule has 1 aromatic carbocycles. The standard InChI is InChI=1S/C17H25N3O3/c1-2-14(19-16(21)11-18)13-7-3-4-8-15(13)23-12-17(22)20-9-5-6-10-20/h3-4,7-8,14H,2,5-6,9-12,18H2,1H3,(H,19,21). The Morgan fingerprint density at radius 1 is 1.30 bits per heavy atom. The molecular weight excluding hydrogens is 294 g/mol. The van der Waals surface area contributed by atoms with Crippen LogP contribution in [-0.2, 0) is 9.59 Å². The average molecular weight is 319 g/mol. The predicted molar refractivity (Wildman–Crippen MR) is 88.0 cm³/mol. The van der Waals surface area contributed by atoms with Crippen LogP contribution in [0.3, 0.4) is 0 Å². The zero-order valence-corrected chi connectivity index (χ0v) is 13.6. The SMILES string of the molecule is CCC(NC(=O)CN)c1ccccc1OCC(=O)N1CCCC1. The summed E-state index contributed by atoms with van der Waals surface area (Å²) in [5, 5.41) is 2.88. The molecule has 0 radical (unpaired) electrons. The monoisotopic (exact) mass is 319 g/mol. The lowest BCUT2D eigenvalue weighted by molar-refractivity contribution is -0.132. The van der Waals surface area contributed by atoms with Crippen LogP contribution >= 0.6 is 0 Å². The van der Waals surface area contributed by atoms with Gasteiger partial charge in [0.25, 0.3) is 5.91 Å². The van der Waals surface area contributed by atoms with Gasteiger partial charge in [0.2, 0.25) is 5.91 Å². The number of amides is 2. The summed E-state index contributed by atoms with van der Waals surface area (Å²) in [6.45, 7) is 3.58. The molecule has 1 aliphatic rings. The van der Waals surface area contributed by atoms with Gasteiger partial charge in [-0.2, -0.15) is 0 Å². The Balaban J connectivity index is 2.03. The molecule has 1 aliphatic heterocycles. The number of nitrogens with one attached hydrogen (secondary N) is 1. The van der Waals surface area contributed by atoms with Crippen LogP contribution in [0.15, 0.2) is 24.3 Å². The number of benzene rings is 1. The second kappa shape index (κ2) is 8.53. The van der Waals surface area contributed by atoms with Crippen molar-refractivity contribution in [3.63, 3.8) is 0 Å². The van der Waals surface area contributed by atoms with Gasteiger partial charge >= 0.3 is 0 Å². The third kappa shape index (κ3) is 4.69. The highest BCUT2D eigenvalue weighted by Crippen LogP contribution is 2.27. The van der Waals surface area contributed by atoms with Crippen molar-refractivity contribution < 1.29 is 14.3 Å². The molecule has 0 spiro atoms. The molecule has 3 N–H and O–H groups in total. The maximum absolute atomic E-state index is 12.1. The average Bonchev–Trinajstić information content (AvgIpc) is 3.12. The van der Waals surface area contributed by atoms with Gasteiger partial charge in [-0.3, -0.25) is 9.59 Å². The van der Waals surface area contributed by atoms with Crippen molar-refractivity contribution >= 4 is 11.8 Å². The van der Waals surface area contributed by atoms with E-state index in [4.69, 9.17) is 10.5 Å². The van der Waals surface area contributed by atoms with Gasteiger partial charge in [0.1, 0.15) is 5.75 Å². The molecule has 0 bridgehead atoms. The molecule has 6 heteroatoms. The Bertz CT molecular complexity index is 542. The number of carbonyl (C=O) groups is 2. The Kier molecular flexibility index (Phi) is 6.40. The van der Waals surface area contributed by atoms with E-state index >= 15 is 0 Å². The highest BCUT2D eigenvalue weighted by molar-refractivity contribution is 5.79. The van der Waals surface area contributed by atoms with E-state index < -0.39 is 0 Å². The van der Waals surface area contributed by atoms with E-state index in [-0.39, 0.29) is 31.0 Å². The predicted octanol–water partition coefficient (Wildman–Crippen LogP) is 1.21. The van der Waals surface area contributed by atoms with Crippen LogP contribution in [0.2, 0.25) is 0 Å². The number of hydrogen-bond acceptors (Lipinski definition) is 4. The van der Waals surface area contributed by atoms with Crippen LogP contribution in [0, 0.1) is 0 Å². The highest BCUT2D eigenvalue weighted by atomic mass is 16.5. The van der Waals surface area contributed by atoms with Crippen LogP contribution in [0.25, 0.3) is 0 Å². The fourth-order valence-electron chi connectivity index (χ4n) is 2.75. The summed E-state index contributed by atoms with van der Waals surface area (Å²) in [7, 11) is 0. The molecule has 6 nitrogen and oxygen atoms in total. The number of hydrogen-bond donors (Lipinski definition) is 2. The van der Waals surface area contributed by atoms with E-state index in [1.807, 2.05) is 36.1 Å². The minimum Gasteiger partial charge on any atom is -0.483 e. The quantitative estimate of drug-likeness (QED) is 0.791. The molecule has 1 unspecified atom stereocenters. The number of nitrogens with zero attached hydrogens (tertiary/aromatic N) is 1. The third-order valence-corrected chi connectivity index (χ3v) is 4.03. The summed E-state index contributed by atoms with van der Waals surface area (Å²) < 4.78 is 5.74. The largest absolute Gasteiger partial charge is 0.483 e. The number of likely N-dealkylation sites (tertiary alicyclic amines) is 1. The molecule has 1 atom stereocenters. The van der Waals surface area contributed by atoms with Gasteiger partial charge in [-0.05, 0) is 25.3 Å². The Morgan fingerprint density at radius 3 is 2.65 bits per heavy atom. The first-order chi connectivity index (χ1) is 11.2. The number of carbonyl (C=O) groups excluding carboxylic acids is 2. The number of ether oxygens (including phenoxy) is 1. The van der Waals surface area contributed by atoms with Gasteiger partial charge in [-0.15, -0.1) is 0 Å². The lowest BCUT2D eigenvalue weighted by atomic mass is 10.0. The molecule has 1 saturated heterocycles. The van der Waals surface area contributed by atoms with Gasteiger partial charge in [-0.25, -0.2) is 0 Å². The lowest BCUT2D eigenvalue weighted by Gasteiger charge is -2.21. The molecular formula is C17H25N3O3. The van der Waals surface area contributed by atoms with E-state index in [0.29, 0.717) is 12.2 Å². The van der Waals surface area contributed by atoms with Gasteiger partial charge in [0.15, 0.2) is 6.61 Å². The summed E-state index contributed by atoms with van der Waals surface area (Å²) in [4.78, 5) is 25.5. The zero-order valence-electron chi connectivity index (χ0n) is 13.6. The van der Waals surface area contributed by atoms with Crippen molar-refractivity contribution in [2.45, 2.75) is 32.2 Å². The topological polar surface area (TPSA) is 84.7 Å². The number of para-hydroxylation sites is 1. The van der Waals surface area contributed by atoms with E-state index in [1.54, 1.807) is 0 Å². The number of nitrogens with two attached hydrogens (primary N) is 1. The van der Waals surface area contributed by atoms with E-state index in [1.165, 1.54) is 0 Å². The van der Waals surface area contributed by atoms with Crippen LogP contribution in [0.5, 0.6) is 5.75 Å². The molecule has 0 aliphatic carbocycles. The molecule has 1 aromatic rings. The summed E-state index contributed by atoms with van der Waals surface area (Å²) in [6.07, 6.45) is 2.84. The highest BCUT2D eigenvalue weighted by Gasteiger charge is 2.20. The van der Waals surface area contributed by atoms with E-state index in [9.17, 15) is 9.59 Å². The van der Waals surface area contributed by atoms with Crippen LogP contribution < -0.4 is 15.8 Å². The van der Waals surface area contributed by atoms with Crippen LogP contribution in [0.1, 0.15) is 37.8 Å². The summed E-state index contributed by atoms with van der Waals surface area (Å²) in [5.74, 6) is 0.431. The van der Waals surface area contributed by atoms with Crippen molar-refractivity contribution in [1.29, 1.82) is 0 Å². The minimum atomic E-state index is -0.209. The van der Waals surface area contributed by atoms with Gasteiger partial charge < -0.3 is 20.7 Å². The van der Waals surface area contributed by atoms with Gasteiger partial charge in [-0.1, -0.05) is 25.1 Å². The number of rotatable bonds is 7. The van der Waals surface area contributed by atoms with Crippen molar-refractivity contribution in [3.8, 4) is 5.75 Å². The molecule has 126 valence electrons. The van der Waals surface area contributed by atoms with Gasteiger partial charge in [0.05, 0.1) is 12.6 Å². The first kappa shape index (κ1) is 17.3. The summed E-state index contributed by atoms with van der Waals surface area (Å²) in [6, 6.07) is 7.30. The maximum atomic E-state index is 12.1. The summed E-state index contributed by atoms with van der Waals surface area (Å²) in [5.41, 5.74) is 6.23. The first-order valence-corrected chi connectivity index (χ1v) is 8.14. The van der Waals surface area contributed by atoms with Crippen molar-refractivity contribution in [1.82, 2.24) is 10.2 Å². The maximum Gasteiger partial charge on any atom is 0.260 e. The van der Waals surface area contributed by atoms with Crippen molar-refractivity contribution in [2.24, 2.45) is 5.73 Å². The fraction of sp³-hybridized carbons (Fsp3) is 0.529. The Labute approximate surface area is 137 Å². The Morgan fingerprint density at radius 2 is 2.00 bits per heavy atom. The normalized spacial score (nSPS) is 15.3. The van der Waals surface area contributed by atoms with Crippen molar-refractivity contribution in [3.05, 3.63) is 29.8 Å². The smallest absolute Gasteiger partial charge is 0.260 e. The second-order valence-electron chi connectivity index (χ2n) is 5.65. The third-order valence-electron chi connectivity index (χ3n) is 4.03. The van der Waals surface area contributed by atoms with Crippen molar-refractivity contribution in [2.75, 3.05) is 26.2 Å². The first-order valence-electron chi connectivity index (χ1n) is 8.14. The lowest BCUT2D eigenvalue weighted by Crippen LogP contribution is -2.34. The van der Waals surface area contributed by atoms with Gasteiger partial charge in [0, 0.05) is 18.7 Å².